The summed E-state index contributed by atoms with van der Waals surface area (Å²) in [4.78, 5) is 9.06. The lowest BCUT2D eigenvalue weighted by molar-refractivity contribution is -0.104. The van der Waals surface area contributed by atoms with E-state index >= 15 is 0 Å². The first-order valence-corrected chi connectivity index (χ1v) is 12.0. The Morgan fingerprint density at radius 2 is 1.82 bits per heavy atom. The first kappa shape index (κ1) is 20.2. The summed E-state index contributed by atoms with van der Waals surface area (Å²) in [6, 6.07) is 0. The van der Waals surface area contributed by atoms with Crippen molar-refractivity contribution in [3.8, 4) is 0 Å². The van der Waals surface area contributed by atoms with Gasteiger partial charge in [-0.15, -0.1) is 0 Å². The minimum absolute atomic E-state index is 0.639. The summed E-state index contributed by atoms with van der Waals surface area (Å²) < 4.78 is 0. The number of hydrogen-bond donors (Lipinski definition) is 0. The van der Waals surface area contributed by atoms with Gasteiger partial charge in [0.2, 0.25) is 0 Å². The third-order valence-corrected chi connectivity index (χ3v) is 9.74. The lowest BCUT2D eigenvalue weighted by atomic mass is 9.51. The molecule has 0 saturated heterocycles. The molecule has 154 valence electrons. The molecule has 0 aromatic carbocycles. The Morgan fingerprint density at radius 1 is 1.11 bits per heavy atom. The van der Waals surface area contributed by atoms with Crippen LogP contribution in [0.15, 0.2) is 37.0 Å². The van der Waals surface area contributed by atoms with Gasteiger partial charge in [-0.25, -0.2) is 0 Å². The van der Waals surface area contributed by atoms with Crippen LogP contribution in [0.1, 0.15) is 65.7 Å². The highest BCUT2D eigenvalue weighted by Gasteiger charge is 2.82. The number of rotatable bonds is 5. The minimum Gasteiger partial charge on any atom is -0.299 e. The Bertz CT molecular complexity index is 653. The molecule has 1 heteroatoms. The zero-order valence-electron chi connectivity index (χ0n) is 18.3. The van der Waals surface area contributed by atoms with E-state index in [4.69, 9.17) is 4.79 Å². The highest BCUT2D eigenvalue weighted by Crippen LogP contribution is 2.87. The summed E-state index contributed by atoms with van der Waals surface area (Å²) in [6.07, 6.45) is 16.6. The number of fused-ring (bicyclic) bond motifs is 5. The molecule has 5 aliphatic rings. The van der Waals surface area contributed by atoms with Gasteiger partial charge in [0.15, 0.2) is 0 Å². The molecule has 5 aliphatic carbocycles. The van der Waals surface area contributed by atoms with Crippen LogP contribution in [0.25, 0.3) is 0 Å². The van der Waals surface area contributed by atoms with Crippen LogP contribution in [0.5, 0.6) is 0 Å². The van der Waals surface area contributed by atoms with E-state index < -0.39 is 0 Å². The van der Waals surface area contributed by atoms with Gasteiger partial charge in [0.05, 0.1) is 0 Å². The van der Waals surface area contributed by atoms with Gasteiger partial charge in [-0.3, -0.25) is 4.79 Å². The second kappa shape index (κ2) is 7.62. The summed E-state index contributed by atoms with van der Waals surface area (Å²) in [6.45, 7) is 14.6. The standard InChI is InChI=1S/C24H36.C3H4O/c1-5-8-16-12-15(7-3)21-18(17(16)9-6-2)10-11-24-14(4)22(24)19-13-20(19)23(21)24;1-2-3-4/h5,8,14-15,17-23H,1,6-7,9-13H2,2-4H3;2-3H,1H2/b16-8-;. The highest BCUT2D eigenvalue weighted by atomic mass is 16.1. The van der Waals surface area contributed by atoms with Crippen LogP contribution in [-0.4, -0.2) is 6.29 Å². The predicted molar refractivity (Wildman–Crippen MR) is 118 cm³/mol. The number of aldehydes is 1. The van der Waals surface area contributed by atoms with Crippen molar-refractivity contribution >= 4 is 6.29 Å². The fraction of sp³-hybridized carbons (Fsp3) is 0.741. The molecule has 1 spiro atoms. The van der Waals surface area contributed by atoms with Crippen molar-refractivity contribution in [2.75, 3.05) is 0 Å². The summed E-state index contributed by atoms with van der Waals surface area (Å²) in [5.74, 6) is 9.56. The lowest BCUT2D eigenvalue weighted by Crippen LogP contribution is -2.47. The normalized spacial score (nSPS) is 50.8. The van der Waals surface area contributed by atoms with Crippen molar-refractivity contribution in [3.63, 3.8) is 0 Å². The molecule has 0 amide bonds. The second-order valence-electron chi connectivity index (χ2n) is 10.4. The van der Waals surface area contributed by atoms with Crippen LogP contribution in [0.3, 0.4) is 0 Å². The lowest BCUT2D eigenvalue weighted by Gasteiger charge is -2.54. The van der Waals surface area contributed by atoms with Crippen LogP contribution in [0.4, 0.5) is 0 Å². The van der Waals surface area contributed by atoms with Crippen molar-refractivity contribution < 1.29 is 4.79 Å². The van der Waals surface area contributed by atoms with Crippen molar-refractivity contribution in [3.05, 3.63) is 37.0 Å². The van der Waals surface area contributed by atoms with E-state index in [1.165, 1.54) is 38.2 Å². The molecule has 5 rings (SSSR count). The molecule has 10 unspecified atom stereocenters. The summed E-state index contributed by atoms with van der Waals surface area (Å²) in [7, 11) is 0. The Kier molecular flexibility index (Phi) is 5.49. The van der Waals surface area contributed by atoms with E-state index in [1.807, 2.05) is 0 Å². The molecule has 0 aromatic rings. The molecule has 0 heterocycles. The molecule has 28 heavy (non-hydrogen) atoms. The van der Waals surface area contributed by atoms with Gasteiger partial charge in [-0.1, -0.05) is 64.5 Å². The SMILES string of the molecule is C=C/C=C1/CC(CC)C2C(CCC34C(C)C3C3CC3C24)C1CCC.C=CC=O. The Morgan fingerprint density at radius 3 is 2.43 bits per heavy atom. The molecule has 5 saturated carbocycles. The maximum absolute atomic E-state index is 9.06. The molecular weight excluding hydrogens is 340 g/mol. The third-order valence-electron chi connectivity index (χ3n) is 9.74. The molecule has 10 atom stereocenters. The molecule has 1 nitrogen and oxygen atoms in total. The van der Waals surface area contributed by atoms with Crippen molar-refractivity contribution in [2.24, 2.45) is 58.7 Å². The summed E-state index contributed by atoms with van der Waals surface area (Å²) in [5, 5.41) is 0. The molecule has 5 fully saturated rings. The number of allylic oxidation sites excluding steroid dienone is 4. The third kappa shape index (κ3) is 2.75. The van der Waals surface area contributed by atoms with Crippen molar-refractivity contribution in [2.45, 2.75) is 65.7 Å². The smallest absolute Gasteiger partial charge is 0.142 e. The van der Waals surface area contributed by atoms with Gasteiger partial charge in [-0.05, 0) is 96.9 Å². The fourth-order valence-electron chi connectivity index (χ4n) is 8.98. The Hall–Kier alpha value is -1.11. The highest BCUT2D eigenvalue weighted by molar-refractivity contribution is 5.63. The molecule has 0 radical (unpaired) electrons. The quantitative estimate of drug-likeness (QED) is 0.376. The topological polar surface area (TPSA) is 17.1 Å². The van der Waals surface area contributed by atoms with E-state index in [9.17, 15) is 0 Å². The number of carbonyl (C=O) groups excluding carboxylic acids is 1. The Balaban J connectivity index is 0.000000442. The minimum atomic E-state index is 0.639. The zero-order valence-corrected chi connectivity index (χ0v) is 18.3. The molecular formula is C27H40O. The number of carbonyl (C=O) groups is 1. The van der Waals surface area contributed by atoms with Gasteiger partial charge < -0.3 is 0 Å². The number of hydrogen-bond acceptors (Lipinski definition) is 1. The van der Waals surface area contributed by atoms with Crippen LogP contribution in [-0.2, 0) is 4.79 Å². The molecule has 0 aromatic heterocycles. The van der Waals surface area contributed by atoms with Gasteiger partial charge in [0.1, 0.15) is 6.29 Å². The average Bonchev–Trinajstić information content (AvgIpc) is 3.58. The van der Waals surface area contributed by atoms with Crippen molar-refractivity contribution in [1.29, 1.82) is 0 Å². The zero-order chi connectivity index (χ0) is 20.1. The van der Waals surface area contributed by atoms with Crippen LogP contribution in [0.2, 0.25) is 0 Å². The van der Waals surface area contributed by atoms with E-state index in [0.29, 0.717) is 6.29 Å². The van der Waals surface area contributed by atoms with Crippen LogP contribution in [0, 0.1) is 58.7 Å². The van der Waals surface area contributed by atoms with Crippen molar-refractivity contribution in [1.82, 2.24) is 0 Å². The van der Waals surface area contributed by atoms with Gasteiger partial charge in [0, 0.05) is 0 Å². The van der Waals surface area contributed by atoms with E-state index in [2.05, 4.69) is 46.1 Å². The van der Waals surface area contributed by atoms with E-state index in [-0.39, 0.29) is 0 Å². The molecule has 0 N–H and O–H groups in total. The van der Waals surface area contributed by atoms with Gasteiger partial charge in [-0.2, -0.15) is 0 Å². The average molecular weight is 381 g/mol. The molecule has 0 bridgehead atoms. The monoisotopic (exact) mass is 380 g/mol. The van der Waals surface area contributed by atoms with Gasteiger partial charge in [0.25, 0.3) is 0 Å². The van der Waals surface area contributed by atoms with E-state index in [0.717, 1.165) is 58.7 Å². The predicted octanol–water partition coefficient (Wildman–Crippen LogP) is 6.86. The summed E-state index contributed by atoms with van der Waals surface area (Å²) in [5.41, 5.74) is 2.60. The first-order valence-electron chi connectivity index (χ1n) is 12.0. The maximum Gasteiger partial charge on any atom is 0.142 e. The van der Waals surface area contributed by atoms with Crippen LogP contribution >= 0.6 is 0 Å². The van der Waals surface area contributed by atoms with Crippen LogP contribution < -0.4 is 0 Å². The first-order chi connectivity index (χ1) is 13.6. The summed E-state index contributed by atoms with van der Waals surface area (Å²) >= 11 is 0. The second-order valence-corrected chi connectivity index (χ2v) is 10.4. The fourth-order valence-corrected chi connectivity index (χ4v) is 8.98. The maximum atomic E-state index is 9.06. The molecule has 0 aliphatic heterocycles. The Labute approximate surface area is 172 Å². The van der Waals surface area contributed by atoms with Gasteiger partial charge >= 0.3 is 0 Å². The van der Waals surface area contributed by atoms with E-state index in [1.54, 1.807) is 18.4 Å². The largest absolute Gasteiger partial charge is 0.299 e.